The maximum Gasteiger partial charge on any atom is 0.455 e. The van der Waals surface area contributed by atoms with E-state index in [9.17, 15) is 19.7 Å². The average molecular weight is 660 g/mol. The van der Waals surface area contributed by atoms with E-state index in [1.807, 2.05) is 74.5 Å². The number of carbonyl (C=O) groups excluding carboxylic acids is 2. The maximum atomic E-state index is 14.2. The zero-order chi connectivity index (χ0) is 34.1. The van der Waals surface area contributed by atoms with Gasteiger partial charge in [-0.05, 0) is 121 Å². The summed E-state index contributed by atoms with van der Waals surface area (Å²) in [4.78, 5) is 29.9. The minimum Gasteiger partial charge on any atom is -0.507 e. The molecule has 4 atom stereocenters. The molecule has 0 aromatic heterocycles. The van der Waals surface area contributed by atoms with E-state index in [4.69, 9.17) is 9.39 Å². The Morgan fingerprint density at radius 2 is 1.61 bits per heavy atom. The van der Waals surface area contributed by atoms with Crippen LogP contribution in [0.15, 0.2) is 83.9 Å². The Kier molecular flexibility index (Phi) is 9.79. The van der Waals surface area contributed by atoms with Crippen LogP contribution in [0.2, 0.25) is 6.32 Å². The van der Waals surface area contributed by atoms with E-state index in [0.29, 0.717) is 31.6 Å². The second-order valence-corrected chi connectivity index (χ2v) is 14.3. The van der Waals surface area contributed by atoms with Crippen LogP contribution in [0.3, 0.4) is 0 Å². The molecule has 7 rings (SSSR count). The second-order valence-electron chi connectivity index (χ2n) is 14.3. The summed E-state index contributed by atoms with van der Waals surface area (Å²) < 4.78 is 12.7. The summed E-state index contributed by atoms with van der Waals surface area (Å²) in [6.45, 7) is 4.12. The number of likely N-dealkylation sites (tertiary alicyclic amines) is 1. The van der Waals surface area contributed by atoms with Gasteiger partial charge < -0.3 is 19.5 Å². The van der Waals surface area contributed by atoms with Crippen LogP contribution in [0, 0.1) is 31.6 Å². The van der Waals surface area contributed by atoms with Crippen molar-refractivity contribution < 1.29 is 29.1 Å². The van der Waals surface area contributed by atoms with E-state index in [0.717, 1.165) is 76.8 Å². The number of carbonyl (C=O) groups is 2. The third-order valence-electron chi connectivity index (χ3n) is 11.1. The molecule has 8 heteroatoms. The topological polar surface area (TPSA) is 96.3 Å². The Hall–Kier alpha value is -4.14. The number of nitrogens with zero attached hydrogens (tertiary/aromatic N) is 1. The van der Waals surface area contributed by atoms with E-state index in [1.54, 1.807) is 4.90 Å². The van der Waals surface area contributed by atoms with Gasteiger partial charge in [0, 0.05) is 6.04 Å². The van der Waals surface area contributed by atoms with Crippen LogP contribution in [0.1, 0.15) is 73.6 Å². The number of rotatable bonds is 9. The Labute approximate surface area is 289 Å². The molecule has 0 radical (unpaired) electrons. The van der Waals surface area contributed by atoms with Crippen molar-refractivity contribution in [3.63, 3.8) is 0 Å². The van der Waals surface area contributed by atoms with Crippen LogP contribution < -0.4 is 4.74 Å². The molecule has 2 N–H and O–H groups in total. The van der Waals surface area contributed by atoms with Crippen molar-refractivity contribution in [2.75, 3.05) is 6.61 Å². The predicted molar refractivity (Wildman–Crippen MR) is 192 cm³/mol. The molecule has 3 aromatic carbocycles. The van der Waals surface area contributed by atoms with E-state index in [1.165, 1.54) is 0 Å². The number of allylic oxidation sites excluding steroid dienone is 1. The summed E-state index contributed by atoms with van der Waals surface area (Å²) in [5.41, 5.74) is 6.88. The Bertz CT molecular complexity index is 1720. The molecular formula is C41H46BNO6. The Morgan fingerprint density at radius 1 is 0.939 bits per heavy atom. The van der Waals surface area contributed by atoms with Gasteiger partial charge >= 0.3 is 7.12 Å². The zero-order valence-corrected chi connectivity index (χ0v) is 28.5. The molecular weight excluding hydrogens is 613 g/mol. The van der Waals surface area contributed by atoms with Crippen LogP contribution >= 0.6 is 0 Å². The summed E-state index contributed by atoms with van der Waals surface area (Å²) in [7, 11) is -1.04. The first-order valence-electron chi connectivity index (χ1n) is 17.9. The van der Waals surface area contributed by atoms with Gasteiger partial charge in [0.05, 0.1) is 17.9 Å². The lowest BCUT2D eigenvalue weighted by Gasteiger charge is -2.43. The highest BCUT2D eigenvalue weighted by Gasteiger charge is 2.58. The van der Waals surface area contributed by atoms with Gasteiger partial charge in [-0.15, -0.1) is 0 Å². The minimum atomic E-state index is -1.04. The fourth-order valence-corrected chi connectivity index (χ4v) is 8.82. The summed E-state index contributed by atoms with van der Waals surface area (Å²) >= 11 is 0. The molecule has 254 valence electrons. The lowest BCUT2D eigenvalue weighted by atomic mass is 9.58. The normalized spacial score (nSPS) is 24.7. The van der Waals surface area contributed by atoms with E-state index >= 15 is 0 Å². The first-order chi connectivity index (χ1) is 23.8. The maximum absolute atomic E-state index is 14.2. The fraction of sp³-hybridized carbons (Fsp3) is 0.415. The third-order valence-corrected chi connectivity index (χ3v) is 11.1. The van der Waals surface area contributed by atoms with Gasteiger partial charge in [0.25, 0.3) is 0 Å². The lowest BCUT2D eigenvalue weighted by Crippen LogP contribution is -2.47. The number of hydrogen-bond acceptors (Lipinski definition) is 6. The highest BCUT2D eigenvalue weighted by Crippen LogP contribution is 2.51. The number of para-hydroxylation sites is 1. The van der Waals surface area contributed by atoms with E-state index in [2.05, 4.69) is 18.2 Å². The van der Waals surface area contributed by atoms with Crippen molar-refractivity contribution in [1.82, 2.24) is 4.90 Å². The molecule has 0 unspecified atom stereocenters. The molecule has 2 aliphatic heterocycles. The molecule has 1 saturated carbocycles. The number of fused-ring (bicyclic) bond motifs is 3. The molecule has 0 spiro atoms. The van der Waals surface area contributed by atoms with Crippen molar-refractivity contribution in [3.8, 4) is 11.5 Å². The molecule has 2 aliphatic carbocycles. The summed E-state index contributed by atoms with van der Waals surface area (Å²) in [5.74, 6) is -0.286. The predicted octanol–water partition coefficient (Wildman–Crippen LogP) is 7.54. The van der Waals surface area contributed by atoms with Crippen LogP contribution in [0.5, 0.6) is 11.5 Å². The van der Waals surface area contributed by atoms with Gasteiger partial charge in [-0.2, -0.15) is 0 Å². The fourth-order valence-electron chi connectivity index (χ4n) is 8.82. The summed E-state index contributed by atoms with van der Waals surface area (Å²) in [5, 5.41) is 21.6. The molecule has 49 heavy (non-hydrogen) atoms. The Balaban J connectivity index is 1.23. The molecule has 2 amide bonds. The summed E-state index contributed by atoms with van der Waals surface area (Å²) in [6.07, 6.45) is 8.66. The van der Waals surface area contributed by atoms with Crippen molar-refractivity contribution in [3.05, 3.63) is 106 Å². The van der Waals surface area contributed by atoms with Gasteiger partial charge in [0.1, 0.15) is 18.1 Å². The molecule has 7 nitrogen and oxygen atoms in total. The molecule has 0 bridgehead atoms. The van der Waals surface area contributed by atoms with Gasteiger partial charge in [0.2, 0.25) is 11.8 Å². The second kappa shape index (κ2) is 14.4. The van der Waals surface area contributed by atoms with Crippen molar-refractivity contribution in [2.24, 2.45) is 17.8 Å². The number of aromatic hydroxyl groups is 1. The SMILES string of the molecule is Cc1cc(/C=C(/CC[C@H]2OB(O)C[C@H]3C2=C(COc2ccccc2)C[C@H]2C(=O)N(C4CCCCC4)C(=O)[C@H]23)c2ccccc2)cc(C)c1O. The van der Waals surface area contributed by atoms with Crippen LogP contribution in [-0.4, -0.2) is 52.7 Å². The monoisotopic (exact) mass is 659 g/mol. The number of amides is 2. The number of benzene rings is 3. The smallest absolute Gasteiger partial charge is 0.455 e. The number of ether oxygens (including phenoxy) is 1. The van der Waals surface area contributed by atoms with Gasteiger partial charge in [-0.25, -0.2) is 0 Å². The zero-order valence-electron chi connectivity index (χ0n) is 28.5. The standard InChI is InChI=1S/C41H46BNO6/c1-26-20-28(21-27(2)39(26)44)22-30(29-12-6-3-7-13-29)18-19-36-37-31(25-48-33-16-10-5-11-17-33)23-34-38(35(37)24-42(47)49-36)41(46)43(40(34)45)32-14-8-4-9-15-32/h3,5-7,10-13,16-17,20-22,32,34-36,38,44,47H,4,8-9,14-15,18-19,23-25H2,1-2H3/b30-22-/t34-,35+,36-,38-/m1/s1. The Morgan fingerprint density at radius 3 is 2.31 bits per heavy atom. The molecule has 2 heterocycles. The van der Waals surface area contributed by atoms with Crippen molar-refractivity contribution >= 4 is 30.6 Å². The van der Waals surface area contributed by atoms with Crippen LogP contribution in [0.25, 0.3) is 11.6 Å². The average Bonchev–Trinajstić information content (AvgIpc) is 3.37. The highest BCUT2D eigenvalue weighted by molar-refractivity contribution is 6.43. The minimum absolute atomic E-state index is 0.0295. The van der Waals surface area contributed by atoms with E-state index < -0.39 is 25.1 Å². The first kappa shape index (κ1) is 33.4. The van der Waals surface area contributed by atoms with Crippen LogP contribution in [0.4, 0.5) is 0 Å². The van der Waals surface area contributed by atoms with Gasteiger partial charge in [0.15, 0.2) is 0 Å². The third kappa shape index (κ3) is 6.86. The highest BCUT2D eigenvalue weighted by atomic mass is 16.5. The van der Waals surface area contributed by atoms with Gasteiger partial charge in [-0.3, -0.25) is 14.5 Å². The van der Waals surface area contributed by atoms with Gasteiger partial charge in [-0.1, -0.05) is 73.9 Å². The number of phenolic OH excluding ortho intramolecular Hbond substituents is 1. The van der Waals surface area contributed by atoms with Crippen molar-refractivity contribution in [1.29, 1.82) is 0 Å². The summed E-state index contributed by atoms with van der Waals surface area (Å²) in [6, 6.07) is 23.9. The number of phenols is 1. The first-order valence-corrected chi connectivity index (χ1v) is 17.9. The molecule has 4 aliphatic rings. The van der Waals surface area contributed by atoms with Crippen molar-refractivity contribution in [2.45, 2.75) is 83.7 Å². The number of aryl methyl sites for hydroxylation is 2. The largest absolute Gasteiger partial charge is 0.507 e. The molecule has 2 saturated heterocycles. The lowest BCUT2D eigenvalue weighted by molar-refractivity contribution is -0.143. The van der Waals surface area contributed by atoms with Crippen LogP contribution in [-0.2, 0) is 14.2 Å². The van der Waals surface area contributed by atoms with E-state index in [-0.39, 0.29) is 30.1 Å². The molecule has 3 fully saturated rings. The molecule has 3 aromatic rings. The quantitative estimate of drug-likeness (QED) is 0.107. The number of imide groups is 1. The number of hydrogen-bond donors (Lipinski definition) is 2.